The molecule has 1 aliphatic carbocycles. The van der Waals surface area contributed by atoms with Gasteiger partial charge < -0.3 is 5.32 Å². The molecule has 0 spiro atoms. The largest absolute Gasteiger partial charge is 0.370 e. The molecule has 1 atom stereocenters. The summed E-state index contributed by atoms with van der Waals surface area (Å²) in [5, 5.41) is 4.00. The maximum atomic E-state index is 5.74. The summed E-state index contributed by atoms with van der Waals surface area (Å²) in [6, 6.07) is 3.77. The number of aromatic nitrogens is 1. The van der Waals surface area contributed by atoms with Crippen LogP contribution in [0.4, 0.5) is 5.82 Å². The number of hydrogen-bond acceptors (Lipinski definition) is 2. The average Bonchev–Trinajstić information content (AvgIpc) is 2.73. The topological polar surface area (TPSA) is 24.9 Å². The molecule has 1 N–H and O–H groups in total. The van der Waals surface area contributed by atoms with Crippen LogP contribution >= 0.6 is 11.6 Å². The number of rotatable bonds is 3. The van der Waals surface area contributed by atoms with Crippen molar-refractivity contribution in [2.24, 2.45) is 11.3 Å². The van der Waals surface area contributed by atoms with E-state index in [1.54, 1.807) is 6.20 Å². The molecule has 2 rings (SSSR count). The van der Waals surface area contributed by atoms with E-state index in [9.17, 15) is 0 Å². The van der Waals surface area contributed by atoms with E-state index in [0.29, 0.717) is 10.4 Å². The molecule has 1 aromatic heterocycles. The second-order valence-corrected chi connectivity index (χ2v) is 5.07. The lowest BCUT2D eigenvalue weighted by atomic mass is 10.1. The van der Waals surface area contributed by atoms with Gasteiger partial charge in [-0.2, -0.15) is 0 Å². The molecule has 1 aromatic rings. The second kappa shape index (κ2) is 3.43. The number of nitrogens with zero attached hydrogens (tertiary/aromatic N) is 1. The standard InChI is InChI=1S/C11H15ClN2/c1-11(2)5-8(11)6-13-10-4-3-9(12)7-14-10/h3-4,7-8H,5-6H2,1-2H3,(H,13,14). The van der Waals surface area contributed by atoms with Crippen LogP contribution in [0.15, 0.2) is 18.3 Å². The Morgan fingerprint density at radius 3 is 2.79 bits per heavy atom. The first-order valence-corrected chi connectivity index (χ1v) is 5.31. The van der Waals surface area contributed by atoms with Gasteiger partial charge in [-0.1, -0.05) is 25.4 Å². The van der Waals surface area contributed by atoms with Gasteiger partial charge in [0.1, 0.15) is 5.82 Å². The number of halogens is 1. The van der Waals surface area contributed by atoms with Gasteiger partial charge in [0.25, 0.3) is 0 Å². The van der Waals surface area contributed by atoms with Crippen LogP contribution in [0.1, 0.15) is 20.3 Å². The van der Waals surface area contributed by atoms with E-state index in [1.165, 1.54) is 6.42 Å². The maximum Gasteiger partial charge on any atom is 0.125 e. The molecule has 3 heteroatoms. The Balaban J connectivity index is 1.84. The van der Waals surface area contributed by atoms with Crippen LogP contribution in [0.5, 0.6) is 0 Å². The molecule has 1 unspecified atom stereocenters. The van der Waals surface area contributed by atoms with Crippen molar-refractivity contribution in [2.45, 2.75) is 20.3 Å². The van der Waals surface area contributed by atoms with Crippen LogP contribution in [-0.2, 0) is 0 Å². The molecule has 76 valence electrons. The van der Waals surface area contributed by atoms with E-state index in [2.05, 4.69) is 24.1 Å². The molecule has 0 amide bonds. The number of hydrogen-bond donors (Lipinski definition) is 1. The molecule has 0 radical (unpaired) electrons. The lowest BCUT2D eigenvalue weighted by molar-refractivity contribution is 0.573. The lowest BCUT2D eigenvalue weighted by Gasteiger charge is -2.06. The molecule has 1 heterocycles. The van der Waals surface area contributed by atoms with Crippen LogP contribution in [-0.4, -0.2) is 11.5 Å². The van der Waals surface area contributed by atoms with Crippen molar-refractivity contribution < 1.29 is 0 Å². The summed E-state index contributed by atoms with van der Waals surface area (Å²) in [6.45, 7) is 5.62. The summed E-state index contributed by atoms with van der Waals surface area (Å²) in [7, 11) is 0. The smallest absolute Gasteiger partial charge is 0.125 e. The zero-order valence-electron chi connectivity index (χ0n) is 8.55. The molecule has 1 fully saturated rings. The van der Waals surface area contributed by atoms with Crippen molar-refractivity contribution in [1.29, 1.82) is 0 Å². The predicted molar refractivity (Wildman–Crippen MR) is 59.6 cm³/mol. The van der Waals surface area contributed by atoms with Gasteiger partial charge in [0.05, 0.1) is 5.02 Å². The number of anilines is 1. The Labute approximate surface area is 89.7 Å². The van der Waals surface area contributed by atoms with Crippen molar-refractivity contribution in [3.8, 4) is 0 Å². The highest BCUT2D eigenvalue weighted by atomic mass is 35.5. The van der Waals surface area contributed by atoms with Gasteiger partial charge >= 0.3 is 0 Å². The Morgan fingerprint density at radius 2 is 2.29 bits per heavy atom. The van der Waals surface area contributed by atoms with E-state index in [-0.39, 0.29) is 0 Å². The summed E-state index contributed by atoms with van der Waals surface area (Å²) in [5.74, 6) is 1.71. The maximum absolute atomic E-state index is 5.74. The molecule has 1 saturated carbocycles. The fourth-order valence-corrected chi connectivity index (χ4v) is 1.74. The van der Waals surface area contributed by atoms with E-state index in [1.807, 2.05) is 12.1 Å². The second-order valence-electron chi connectivity index (χ2n) is 4.63. The van der Waals surface area contributed by atoms with Gasteiger partial charge in [-0.05, 0) is 29.9 Å². The van der Waals surface area contributed by atoms with E-state index < -0.39 is 0 Å². The minimum atomic E-state index is 0.527. The van der Waals surface area contributed by atoms with Gasteiger partial charge in [-0.3, -0.25) is 0 Å². The van der Waals surface area contributed by atoms with Gasteiger partial charge in [-0.15, -0.1) is 0 Å². The van der Waals surface area contributed by atoms with Gasteiger partial charge in [0, 0.05) is 12.7 Å². The first kappa shape index (κ1) is 9.78. The zero-order valence-corrected chi connectivity index (χ0v) is 9.30. The molecular formula is C11H15ClN2. The number of nitrogens with one attached hydrogen (secondary N) is 1. The summed E-state index contributed by atoms with van der Waals surface area (Å²) >= 11 is 5.74. The molecule has 14 heavy (non-hydrogen) atoms. The van der Waals surface area contributed by atoms with Crippen LogP contribution in [0.2, 0.25) is 5.02 Å². The first-order valence-electron chi connectivity index (χ1n) is 4.93. The Morgan fingerprint density at radius 1 is 1.57 bits per heavy atom. The molecule has 1 aliphatic rings. The quantitative estimate of drug-likeness (QED) is 0.829. The Bertz CT molecular complexity index is 319. The monoisotopic (exact) mass is 210 g/mol. The summed E-state index contributed by atoms with van der Waals surface area (Å²) < 4.78 is 0. The number of pyridine rings is 1. The van der Waals surface area contributed by atoms with Crippen molar-refractivity contribution in [3.63, 3.8) is 0 Å². The summed E-state index contributed by atoms with van der Waals surface area (Å²) in [6.07, 6.45) is 2.98. The van der Waals surface area contributed by atoms with Crippen molar-refractivity contribution in [2.75, 3.05) is 11.9 Å². The fourth-order valence-electron chi connectivity index (χ4n) is 1.63. The van der Waals surface area contributed by atoms with Gasteiger partial charge in [0.15, 0.2) is 0 Å². The van der Waals surface area contributed by atoms with Crippen LogP contribution in [0.3, 0.4) is 0 Å². The normalized spacial score (nSPS) is 23.2. The lowest BCUT2D eigenvalue weighted by Crippen LogP contribution is -2.07. The van der Waals surface area contributed by atoms with Crippen LogP contribution < -0.4 is 5.32 Å². The molecule has 0 saturated heterocycles. The van der Waals surface area contributed by atoms with Crippen molar-refractivity contribution >= 4 is 17.4 Å². The fraction of sp³-hybridized carbons (Fsp3) is 0.545. The van der Waals surface area contributed by atoms with Crippen LogP contribution in [0, 0.1) is 11.3 Å². The molecule has 0 bridgehead atoms. The zero-order chi connectivity index (χ0) is 10.2. The van der Waals surface area contributed by atoms with Gasteiger partial charge in [-0.25, -0.2) is 4.98 Å². The highest BCUT2D eigenvalue weighted by molar-refractivity contribution is 6.30. The minimum absolute atomic E-state index is 0.527. The molecular weight excluding hydrogens is 196 g/mol. The van der Waals surface area contributed by atoms with Crippen molar-refractivity contribution in [1.82, 2.24) is 4.98 Å². The third-order valence-electron chi connectivity index (χ3n) is 2.97. The average molecular weight is 211 g/mol. The van der Waals surface area contributed by atoms with Crippen molar-refractivity contribution in [3.05, 3.63) is 23.4 Å². The highest BCUT2D eigenvalue weighted by Crippen LogP contribution is 2.51. The van der Waals surface area contributed by atoms with E-state index in [4.69, 9.17) is 11.6 Å². The predicted octanol–water partition coefficient (Wildman–Crippen LogP) is 3.19. The van der Waals surface area contributed by atoms with Crippen LogP contribution in [0.25, 0.3) is 0 Å². The summed E-state index contributed by atoms with van der Waals surface area (Å²) in [4.78, 5) is 4.18. The highest BCUT2D eigenvalue weighted by Gasteiger charge is 2.44. The first-order chi connectivity index (χ1) is 6.58. The van der Waals surface area contributed by atoms with Gasteiger partial charge in [0.2, 0.25) is 0 Å². The Hall–Kier alpha value is -0.760. The third kappa shape index (κ3) is 2.18. The summed E-state index contributed by atoms with van der Waals surface area (Å²) in [5.41, 5.74) is 0.527. The van der Waals surface area contributed by atoms with E-state index in [0.717, 1.165) is 18.3 Å². The molecule has 2 nitrogen and oxygen atoms in total. The Kier molecular flexibility index (Phi) is 2.40. The third-order valence-corrected chi connectivity index (χ3v) is 3.20. The van der Waals surface area contributed by atoms with E-state index >= 15 is 0 Å². The molecule has 0 aliphatic heterocycles. The minimum Gasteiger partial charge on any atom is -0.370 e. The SMILES string of the molecule is CC1(C)CC1CNc1ccc(Cl)cn1. The molecule has 0 aromatic carbocycles.